The van der Waals surface area contributed by atoms with Crippen LogP contribution in [0.3, 0.4) is 0 Å². The fourth-order valence-corrected chi connectivity index (χ4v) is 3.56. The molecule has 1 aromatic heterocycles. The smallest absolute Gasteiger partial charge is 0.221 e. The number of nitrogens with one attached hydrogen (secondary N) is 1. The van der Waals surface area contributed by atoms with E-state index in [-0.39, 0.29) is 17.8 Å². The number of allylic oxidation sites excluding steroid dienone is 2. The summed E-state index contributed by atoms with van der Waals surface area (Å²) in [6.45, 7) is 0. The molecule has 2 unspecified atom stereocenters. The predicted octanol–water partition coefficient (Wildman–Crippen LogP) is 4.45. The molecule has 0 aliphatic heterocycles. The molecule has 1 aliphatic rings. The average molecular weight is 315 g/mol. The lowest BCUT2D eigenvalue weighted by molar-refractivity contribution is -0.122. The molecule has 0 radical (unpaired) electrons. The van der Waals surface area contributed by atoms with Crippen molar-refractivity contribution in [3.63, 3.8) is 0 Å². The van der Waals surface area contributed by atoms with Crippen molar-refractivity contribution in [2.45, 2.75) is 25.3 Å². The zero-order valence-corrected chi connectivity index (χ0v) is 13.0. The van der Waals surface area contributed by atoms with Crippen molar-refractivity contribution in [3.8, 4) is 0 Å². The largest absolute Gasteiger partial charge is 0.344 e. The van der Waals surface area contributed by atoms with Crippen molar-refractivity contribution in [2.75, 3.05) is 0 Å². The van der Waals surface area contributed by atoms with Crippen LogP contribution in [-0.2, 0) is 4.79 Å². The molecule has 114 valence electrons. The molecule has 1 aliphatic carbocycles. The van der Waals surface area contributed by atoms with Gasteiger partial charge < -0.3 is 5.32 Å². The van der Waals surface area contributed by atoms with Crippen molar-refractivity contribution in [3.05, 3.63) is 70.2 Å². The maximum Gasteiger partial charge on any atom is 0.221 e. The van der Waals surface area contributed by atoms with E-state index in [9.17, 15) is 9.18 Å². The molecule has 0 spiro atoms. The molecular formula is C18H18FNOS. The van der Waals surface area contributed by atoms with E-state index in [4.69, 9.17) is 0 Å². The summed E-state index contributed by atoms with van der Waals surface area (Å²) in [6, 6.07) is 10.1. The van der Waals surface area contributed by atoms with Gasteiger partial charge in [-0.1, -0.05) is 30.4 Å². The molecule has 2 nitrogen and oxygen atoms in total. The van der Waals surface area contributed by atoms with Crippen LogP contribution in [0, 0.1) is 11.7 Å². The molecule has 1 aromatic carbocycles. The Morgan fingerprint density at radius 2 is 2.14 bits per heavy atom. The van der Waals surface area contributed by atoms with Crippen molar-refractivity contribution < 1.29 is 9.18 Å². The Hall–Kier alpha value is -1.94. The summed E-state index contributed by atoms with van der Waals surface area (Å²) in [7, 11) is 0. The molecule has 0 bridgehead atoms. The topological polar surface area (TPSA) is 29.1 Å². The zero-order valence-electron chi connectivity index (χ0n) is 12.2. The van der Waals surface area contributed by atoms with E-state index in [2.05, 4.69) is 17.5 Å². The number of hydrogen-bond acceptors (Lipinski definition) is 2. The van der Waals surface area contributed by atoms with Gasteiger partial charge in [0.15, 0.2) is 0 Å². The van der Waals surface area contributed by atoms with Crippen LogP contribution < -0.4 is 5.32 Å². The number of carbonyl (C=O) groups excluding carboxylic acids is 1. The second-order valence-corrected chi connectivity index (χ2v) is 6.52. The Morgan fingerprint density at radius 3 is 2.77 bits per heavy atom. The molecule has 0 fully saturated rings. The third-order valence-electron chi connectivity index (χ3n) is 3.90. The number of thiophene rings is 1. The van der Waals surface area contributed by atoms with Crippen molar-refractivity contribution in [1.82, 2.24) is 5.32 Å². The number of amides is 1. The van der Waals surface area contributed by atoms with Gasteiger partial charge in [0.25, 0.3) is 0 Å². The van der Waals surface area contributed by atoms with Gasteiger partial charge in [0.1, 0.15) is 5.82 Å². The standard InChI is InChI=1S/C18H18FNOS/c19-15-9-7-14(8-10-15)18(16-6-3-11-22-16)20-17(21)12-13-4-1-2-5-13/h1,3-4,6-11,13,18H,2,5,12H2,(H,20,21). The molecule has 0 saturated heterocycles. The quantitative estimate of drug-likeness (QED) is 0.812. The third kappa shape index (κ3) is 3.63. The Morgan fingerprint density at radius 1 is 1.32 bits per heavy atom. The summed E-state index contributed by atoms with van der Waals surface area (Å²) in [6.07, 6.45) is 6.88. The summed E-state index contributed by atoms with van der Waals surface area (Å²) >= 11 is 1.59. The van der Waals surface area contributed by atoms with E-state index in [0.29, 0.717) is 12.3 Å². The lowest BCUT2D eigenvalue weighted by atomic mass is 10.0. The second-order valence-electron chi connectivity index (χ2n) is 5.54. The van der Waals surface area contributed by atoms with E-state index in [1.54, 1.807) is 23.5 Å². The van der Waals surface area contributed by atoms with Crippen LogP contribution in [0.5, 0.6) is 0 Å². The van der Waals surface area contributed by atoms with Gasteiger partial charge in [0.05, 0.1) is 6.04 Å². The monoisotopic (exact) mass is 315 g/mol. The Labute approximate surface area is 133 Å². The molecule has 1 amide bonds. The highest BCUT2D eigenvalue weighted by Crippen LogP contribution is 2.27. The molecule has 2 aromatic rings. The minimum absolute atomic E-state index is 0.0410. The lowest BCUT2D eigenvalue weighted by Crippen LogP contribution is -2.29. The van der Waals surface area contributed by atoms with Crippen LogP contribution in [-0.4, -0.2) is 5.91 Å². The van der Waals surface area contributed by atoms with E-state index in [0.717, 1.165) is 23.3 Å². The molecule has 1 N–H and O–H groups in total. The highest BCUT2D eigenvalue weighted by Gasteiger charge is 2.20. The van der Waals surface area contributed by atoms with Crippen molar-refractivity contribution in [1.29, 1.82) is 0 Å². The highest BCUT2D eigenvalue weighted by atomic mass is 32.1. The van der Waals surface area contributed by atoms with Crippen LogP contribution in [0.2, 0.25) is 0 Å². The highest BCUT2D eigenvalue weighted by molar-refractivity contribution is 7.10. The minimum Gasteiger partial charge on any atom is -0.344 e. The Kier molecular flexibility index (Phi) is 4.68. The normalized spacial score (nSPS) is 18.3. The number of halogens is 1. The molecule has 22 heavy (non-hydrogen) atoms. The van der Waals surface area contributed by atoms with Gasteiger partial charge in [-0.25, -0.2) is 4.39 Å². The maximum atomic E-state index is 13.1. The molecule has 1 heterocycles. The summed E-state index contributed by atoms with van der Waals surface area (Å²) in [5.74, 6) is 0.118. The molecule has 4 heteroatoms. The van der Waals surface area contributed by atoms with Crippen molar-refractivity contribution >= 4 is 17.2 Å². The fraction of sp³-hybridized carbons (Fsp3) is 0.278. The van der Waals surface area contributed by atoms with Gasteiger partial charge in [-0.3, -0.25) is 4.79 Å². The van der Waals surface area contributed by atoms with Gasteiger partial charge >= 0.3 is 0 Å². The van der Waals surface area contributed by atoms with Gasteiger partial charge in [0.2, 0.25) is 5.91 Å². The van der Waals surface area contributed by atoms with Crippen molar-refractivity contribution in [2.24, 2.45) is 5.92 Å². The fourth-order valence-electron chi connectivity index (χ4n) is 2.75. The first kappa shape index (κ1) is 15.0. The summed E-state index contributed by atoms with van der Waals surface area (Å²) < 4.78 is 13.1. The Bertz CT molecular complexity index is 648. The minimum atomic E-state index is -0.268. The molecular weight excluding hydrogens is 297 g/mol. The summed E-state index contributed by atoms with van der Waals surface area (Å²) in [4.78, 5) is 13.4. The first-order chi connectivity index (χ1) is 10.7. The molecule has 0 saturated carbocycles. The number of rotatable bonds is 5. The van der Waals surface area contributed by atoms with Gasteiger partial charge in [0, 0.05) is 11.3 Å². The van der Waals surface area contributed by atoms with E-state index in [1.807, 2.05) is 17.5 Å². The van der Waals surface area contributed by atoms with Crippen LogP contribution in [0.4, 0.5) is 4.39 Å². The number of carbonyl (C=O) groups is 1. The third-order valence-corrected chi connectivity index (χ3v) is 4.83. The Balaban J connectivity index is 1.75. The first-order valence-corrected chi connectivity index (χ1v) is 8.35. The number of hydrogen-bond donors (Lipinski definition) is 1. The zero-order chi connectivity index (χ0) is 15.4. The SMILES string of the molecule is O=C(CC1C=CCC1)NC(c1ccc(F)cc1)c1cccs1. The lowest BCUT2D eigenvalue weighted by Gasteiger charge is -2.19. The van der Waals surface area contributed by atoms with E-state index >= 15 is 0 Å². The van der Waals surface area contributed by atoms with Crippen LogP contribution in [0.25, 0.3) is 0 Å². The van der Waals surface area contributed by atoms with Crippen LogP contribution in [0.1, 0.15) is 35.7 Å². The average Bonchev–Trinajstić information content (AvgIpc) is 3.19. The van der Waals surface area contributed by atoms with E-state index < -0.39 is 0 Å². The van der Waals surface area contributed by atoms with E-state index in [1.165, 1.54) is 12.1 Å². The van der Waals surface area contributed by atoms with Gasteiger partial charge in [-0.2, -0.15) is 0 Å². The summed E-state index contributed by atoms with van der Waals surface area (Å²) in [5.41, 5.74) is 0.902. The van der Waals surface area contributed by atoms with Crippen LogP contribution in [0.15, 0.2) is 53.9 Å². The predicted molar refractivity (Wildman–Crippen MR) is 87.2 cm³/mol. The maximum absolute atomic E-state index is 13.1. The molecule has 2 atom stereocenters. The van der Waals surface area contributed by atoms with Gasteiger partial charge in [-0.05, 0) is 47.9 Å². The summed E-state index contributed by atoms with van der Waals surface area (Å²) in [5, 5.41) is 5.08. The second kappa shape index (κ2) is 6.88. The first-order valence-electron chi connectivity index (χ1n) is 7.47. The van der Waals surface area contributed by atoms with Crippen LogP contribution >= 0.6 is 11.3 Å². The van der Waals surface area contributed by atoms with Gasteiger partial charge in [-0.15, -0.1) is 11.3 Å². The molecule has 3 rings (SSSR count). The number of benzene rings is 1.